The minimum atomic E-state index is -0.558. The zero-order valence-corrected chi connectivity index (χ0v) is 20.0. The molecule has 0 aliphatic carbocycles. The Labute approximate surface area is 193 Å². The number of hydrogen-bond donors (Lipinski definition) is 2. The van der Waals surface area contributed by atoms with Crippen molar-refractivity contribution >= 4 is 35.2 Å². The zero-order valence-electron chi connectivity index (χ0n) is 19.2. The molecule has 0 aliphatic rings. The number of amides is 1. The third-order valence-corrected chi connectivity index (χ3v) is 3.42. The lowest BCUT2D eigenvalue weighted by Crippen LogP contribution is -2.27. The fraction of sp³-hybridized carbons (Fsp3) is 0.304. The normalized spacial score (nSPS) is 8.56. The van der Waals surface area contributed by atoms with Crippen molar-refractivity contribution in [3.8, 4) is 11.5 Å². The van der Waals surface area contributed by atoms with Crippen LogP contribution < -0.4 is 10.1 Å². The summed E-state index contributed by atoms with van der Waals surface area (Å²) in [6.45, 7) is 7.14. The van der Waals surface area contributed by atoms with Crippen LogP contribution in [0.5, 0.6) is 11.5 Å². The summed E-state index contributed by atoms with van der Waals surface area (Å²) >= 11 is 1.18. The second kappa shape index (κ2) is 19.6. The van der Waals surface area contributed by atoms with Gasteiger partial charge >= 0.3 is 11.9 Å². The van der Waals surface area contributed by atoms with Crippen molar-refractivity contribution in [3.05, 3.63) is 59.7 Å². The Hall–Kier alpha value is -3.33. The molecule has 0 unspecified atom stereocenters. The topological polar surface area (TPSA) is 119 Å². The van der Waals surface area contributed by atoms with Gasteiger partial charge in [0.05, 0.1) is 7.11 Å². The molecule has 0 aliphatic heterocycles. The van der Waals surface area contributed by atoms with Crippen LogP contribution in [0.4, 0.5) is 0 Å². The molecule has 2 rings (SSSR count). The molecule has 0 saturated carbocycles. The molecule has 0 heterocycles. The molecule has 0 saturated heterocycles. The van der Waals surface area contributed by atoms with E-state index < -0.39 is 11.9 Å². The quantitative estimate of drug-likeness (QED) is 0.389. The predicted molar refractivity (Wildman–Crippen MR) is 127 cm³/mol. The Morgan fingerprint density at radius 3 is 2.06 bits per heavy atom. The number of esters is 2. The van der Waals surface area contributed by atoms with Gasteiger partial charge in [-0.05, 0) is 36.9 Å². The first-order valence-corrected chi connectivity index (χ1v) is 10.9. The number of hydrogen-bond acceptors (Lipinski definition) is 8. The average molecular weight is 466 g/mol. The van der Waals surface area contributed by atoms with Gasteiger partial charge in [-0.25, -0.2) is 4.79 Å². The molecular weight excluding hydrogens is 434 g/mol. The molecule has 176 valence electrons. The number of nitrogens with one attached hydrogen (secondary N) is 1. The molecule has 9 heteroatoms. The van der Waals surface area contributed by atoms with E-state index >= 15 is 0 Å². The first kappa shape index (κ1) is 30.9. The van der Waals surface area contributed by atoms with Crippen molar-refractivity contribution in [2.45, 2.75) is 27.7 Å². The van der Waals surface area contributed by atoms with E-state index in [4.69, 9.17) is 9.53 Å². The van der Waals surface area contributed by atoms with Gasteiger partial charge in [-0.1, -0.05) is 55.9 Å². The van der Waals surface area contributed by atoms with Crippen molar-refractivity contribution in [3.63, 3.8) is 0 Å². The van der Waals surface area contributed by atoms with Gasteiger partial charge in [0, 0.05) is 6.92 Å². The smallest absolute Gasteiger partial charge is 0.347 e. The standard InChI is InChI=1S/C14H12O3.C5H9NO3.C2H4OS.C2H6/c1-10-6-2-5-9-13(10)17-14(16)11-7-3-4-8-12(11)15;1-4(7)6-3-5(8)9-2;1-4-2-3;1-2/h2-9,15H,1H3;3H2,1-2H3,(H,6,7);2H,1H3;1-2H3. The second-order valence-electron chi connectivity index (χ2n) is 5.49. The summed E-state index contributed by atoms with van der Waals surface area (Å²) in [7, 11) is 1.27. The number of aryl methyl sites for hydroxylation is 1. The van der Waals surface area contributed by atoms with Crippen molar-refractivity contribution in [2.75, 3.05) is 19.9 Å². The van der Waals surface area contributed by atoms with Crippen LogP contribution in [0.25, 0.3) is 0 Å². The number of methoxy groups -OCH3 is 1. The van der Waals surface area contributed by atoms with Gasteiger partial charge in [-0.2, -0.15) is 0 Å². The lowest BCUT2D eigenvalue weighted by atomic mass is 10.2. The Kier molecular flexibility index (Phi) is 18.9. The second-order valence-corrected chi connectivity index (χ2v) is 6.15. The number of phenols is 1. The molecule has 0 fully saturated rings. The Morgan fingerprint density at radius 2 is 1.59 bits per heavy atom. The van der Waals surface area contributed by atoms with Gasteiger partial charge < -0.3 is 19.9 Å². The van der Waals surface area contributed by atoms with Gasteiger partial charge in [0.1, 0.15) is 23.6 Å². The third-order valence-electron chi connectivity index (χ3n) is 3.23. The van der Waals surface area contributed by atoms with E-state index in [1.54, 1.807) is 30.5 Å². The van der Waals surface area contributed by atoms with Crippen LogP contribution >= 0.6 is 11.8 Å². The maximum Gasteiger partial charge on any atom is 0.347 e. The van der Waals surface area contributed by atoms with Gasteiger partial charge in [0.15, 0.2) is 5.62 Å². The van der Waals surface area contributed by atoms with Crippen LogP contribution in [-0.4, -0.2) is 48.5 Å². The van der Waals surface area contributed by atoms with E-state index in [1.165, 1.54) is 37.9 Å². The minimum absolute atomic E-state index is 0.0498. The fourth-order valence-corrected chi connectivity index (χ4v) is 1.74. The summed E-state index contributed by atoms with van der Waals surface area (Å²) in [5.74, 6) is -0.810. The lowest BCUT2D eigenvalue weighted by Gasteiger charge is -2.07. The van der Waals surface area contributed by atoms with Crippen molar-refractivity contribution in [1.82, 2.24) is 5.32 Å². The number of benzene rings is 2. The summed E-state index contributed by atoms with van der Waals surface area (Å²) in [5.41, 5.74) is 1.83. The van der Waals surface area contributed by atoms with E-state index in [-0.39, 0.29) is 23.8 Å². The number of phenolic OH excluding ortho intramolecular Hbond substituents is 1. The average Bonchev–Trinajstić information content (AvgIpc) is 2.81. The molecule has 0 atom stereocenters. The van der Waals surface area contributed by atoms with Crippen LogP contribution in [0.15, 0.2) is 48.5 Å². The first-order valence-electron chi connectivity index (χ1n) is 9.60. The van der Waals surface area contributed by atoms with E-state index in [0.29, 0.717) is 5.75 Å². The van der Waals surface area contributed by atoms with Crippen LogP contribution in [0.3, 0.4) is 0 Å². The predicted octanol–water partition coefficient (Wildman–Crippen LogP) is 3.78. The van der Waals surface area contributed by atoms with Gasteiger partial charge in [-0.15, -0.1) is 0 Å². The number of ether oxygens (including phenoxy) is 2. The van der Waals surface area contributed by atoms with Crippen molar-refractivity contribution in [1.29, 1.82) is 0 Å². The number of thioether (sulfide) groups is 1. The highest BCUT2D eigenvalue weighted by Crippen LogP contribution is 2.21. The summed E-state index contributed by atoms with van der Waals surface area (Å²) in [6.07, 6.45) is 1.73. The summed E-state index contributed by atoms with van der Waals surface area (Å²) in [4.78, 5) is 41.4. The fourth-order valence-electron chi connectivity index (χ4n) is 1.74. The number of rotatable bonds is 5. The zero-order chi connectivity index (χ0) is 24.9. The Bertz CT molecular complexity index is 841. The van der Waals surface area contributed by atoms with Crippen LogP contribution in [0.2, 0.25) is 0 Å². The summed E-state index contributed by atoms with van der Waals surface area (Å²) in [6, 6.07) is 13.5. The van der Waals surface area contributed by atoms with Crippen molar-refractivity contribution in [2.24, 2.45) is 0 Å². The highest BCUT2D eigenvalue weighted by Gasteiger charge is 2.13. The molecule has 0 aromatic heterocycles. The molecule has 2 N–H and O–H groups in total. The van der Waals surface area contributed by atoms with E-state index in [2.05, 4.69) is 10.1 Å². The molecule has 8 nitrogen and oxygen atoms in total. The molecule has 0 radical (unpaired) electrons. The monoisotopic (exact) mass is 465 g/mol. The lowest BCUT2D eigenvalue weighted by molar-refractivity contribution is -0.140. The van der Waals surface area contributed by atoms with E-state index in [0.717, 1.165) is 11.2 Å². The SMILES string of the molecule is CC.COC(=O)CNC(C)=O.CSC=O.Cc1ccccc1OC(=O)c1ccccc1O. The van der Waals surface area contributed by atoms with Gasteiger partial charge in [-0.3, -0.25) is 14.4 Å². The Morgan fingerprint density at radius 1 is 1.06 bits per heavy atom. The number of carbonyl (C=O) groups is 4. The van der Waals surface area contributed by atoms with Crippen molar-refractivity contribution < 1.29 is 33.8 Å². The highest BCUT2D eigenvalue weighted by molar-refractivity contribution is 8.11. The molecule has 0 bridgehead atoms. The van der Waals surface area contributed by atoms with Crippen LogP contribution in [0, 0.1) is 6.92 Å². The van der Waals surface area contributed by atoms with Crippen LogP contribution in [0.1, 0.15) is 36.7 Å². The van der Waals surface area contributed by atoms with E-state index in [9.17, 15) is 19.5 Å². The van der Waals surface area contributed by atoms with Crippen LogP contribution in [-0.2, 0) is 19.1 Å². The molecule has 32 heavy (non-hydrogen) atoms. The molecule has 1 amide bonds. The summed E-state index contributed by atoms with van der Waals surface area (Å²) in [5, 5.41) is 11.8. The Balaban J connectivity index is 0. The maximum atomic E-state index is 11.8. The van der Waals surface area contributed by atoms with E-state index in [1.807, 2.05) is 32.9 Å². The summed E-state index contributed by atoms with van der Waals surface area (Å²) < 4.78 is 9.46. The number of carbonyl (C=O) groups excluding carboxylic acids is 4. The first-order chi connectivity index (χ1) is 15.3. The number of aromatic hydroxyl groups is 1. The molecule has 2 aromatic rings. The minimum Gasteiger partial charge on any atom is -0.507 e. The van der Waals surface area contributed by atoms with Gasteiger partial charge in [0.2, 0.25) is 5.91 Å². The molecular formula is C23H31NO7S. The largest absolute Gasteiger partial charge is 0.507 e. The molecule has 0 spiro atoms. The highest BCUT2D eigenvalue weighted by atomic mass is 32.2. The number of para-hydroxylation sites is 2. The van der Waals surface area contributed by atoms with Gasteiger partial charge in [0.25, 0.3) is 0 Å². The maximum absolute atomic E-state index is 11.8. The molecule has 2 aromatic carbocycles. The third kappa shape index (κ3) is 14.6.